The molecule has 0 bridgehead atoms. The molecule has 0 spiro atoms. The second kappa shape index (κ2) is 4.60. The Hall–Kier alpha value is -2.44. The number of tetrazole rings is 1. The summed E-state index contributed by atoms with van der Waals surface area (Å²) in [6.45, 7) is 2.34. The number of nitrogens with zero attached hydrogens (tertiary/aromatic N) is 5. The minimum absolute atomic E-state index is 0.280. The number of aromatic nitrogens is 4. The van der Waals surface area contributed by atoms with Gasteiger partial charge in [-0.15, -0.1) is 0 Å². The number of hydrogen-bond acceptors (Lipinski definition) is 6. The maximum atomic E-state index is 5.62. The van der Waals surface area contributed by atoms with Gasteiger partial charge in [0.05, 0.1) is 12.3 Å². The molecule has 0 amide bonds. The highest BCUT2D eigenvalue weighted by Crippen LogP contribution is 2.12. The second-order valence-electron chi connectivity index (χ2n) is 3.57. The van der Waals surface area contributed by atoms with Crippen LogP contribution in [-0.4, -0.2) is 25.9 Å². The van der Waals surface area contributed by atoms with Gasteiger partial charge in [-0.1, -0.05) is 29.4 Å². The third-order valence-electron chi connectivity index (χ3n) is 2.48. The lowest BCUT2D eigenvalue weighted by molar-refractivity contribution is 0.654. The molecule has 17 heavy (non-hydrogen) atoms. The minimum Gasteiger partial charge on any atom is -0.367 e. The van der Waals surface area contributed by atoms with E-state index in [4.69, 9.17) is 11.6 Å². The van der Waals surface area contributed by atoms with E-state index in [1.807, 2.05) is 31.2 Å². The van der Waals surface area contributed by atoms with E-state index >= 15 is 0 Å². The molecule has 0 aliphatic rings. The lowest BCUT2D eigenvalue weighted by Crippen LogP contribution is -2.10. The van der Waals surface area contributed by atoms with Crippen molar-refractivity contribution in [3.63, 3.8) is 0 Å². The third-order valence-corrected chi connectivity index (χ3v) is 2.48. The Labute approximate surface area is 98.1 Å². The fourth-order valence-corrected chi connectivity index (χ4v) is 1.57. The average Bonchev–Trinajstić information content (AvgIpc) is 2.75. The number of nitrogen functional groups attached to an aromatic ring is 1. The number of nitrogens with two attached hydrogens (primary N) is 2. The van der Waals surface area contributed by atoms with Gasteiger partial charge in [-0.25, -0.2) is 4.68 Å². The van der Waals surface area contributed by atoms with E-state index in [0.29, 0.717) is 6.54 Å². The molecule has 0 radical (unpaired) electrons. The van der Waals surface area contributed by atoms with Crippen LogP contribution in [0.3, 0.4) is 0 Å². The van der Waals surface area contributed by atoms with Gasteiger partial charge in [-0.3, -0.25) is 0 Å². The molecular weight excluding hydrogens is 218 g/mol. The maximum absolute atomic E-state index is 5.62. The van der Waals surface area contributed by atoms with E-state index in [9.17, 15) is 0 Å². The summed E-state index contributed by atoms with van der Waals surface area (Å²) in [5.41, 5.74) is 8.35. The van der Waals surface area contributed by atoms with Crippen molar-refractivity contribution >= 4 is 11.7 Å². The first-order valence-corrected chi connectivity index (χ1v) is 5.06. The van der Waals surface area contributed by atoms with Gasteiger partial charge in [-0.05, 0) is 22.9 Å². The van der Waals surface area contributed by atoms with Crippen molar-refractivity contribution < 1.29 is 0 Å². The summed E-state index contributed by atoms with van der Waals surface area (Å²) >= 11 is 0. The SMILES string of the molecule is CC(=NN)c1ccccc1Cn1nnnc1N. The summed E-state index contributed by atoms with van der Waals surface area (Å²) in [4.78, 5) is 0. The standard InChI is InChI=1S/C10H13N7/c1-7(13-12)9-5-3-2-4-8(9)6-17-10(11)14-15-16-17/h2-5H,6,12H2,1H3,(H2,11,14,16). The van der Waals surface area contributed by atoms with Crippen molar-refractivity contribution in [3.05, 3.63) is 35.4 Å². The summed E-state index contributed by atoms with van der Waals surface area (Å²) in [6.07, 6.45) is 0. The fourth-order valence-electron chi connectivity index (χ4n) is 1.57. The average molecular weight is 231 g/mol. The number of hydrazone groups is 1. The molecule has 1 aromatic carbocycles. The Bertz CT molecular complexity index is 543. The third kappa shape index (κ3) is 2.22. The molecule has 0 aliphatic carbocycles. The molecule has 0 aliphatic heterocycles. The lowest BCUT2D eigenvalue weighted by atomic mass is 10.0. The summed E-state index contributed by atoms with van der Waals surface area (Å²) in [6, 6.07) is 7.77. The molecule has 88 valence electrons. The van der Waals surface area contributed by atoms with Gasteiger partial charge in [0, 0.05) is 5.56 Å². The molecule has 2 rings (SSSR count). The van der Waals surface area contributed by atoms with Crippen molar-refractivity contribution in [1.82, 2.24) is 20.2 Å². The molecule has 0 saturated carbocycles. The Morgan fingerprint density at radius 2 is 2.18 bits per heavy atom. The Morgan fingerprint density at radius 3 is 2.82 bits per heavy atom. The molecule has 2 aromatic rings. The zero-order chi connectivity index (χ0) is 12.3. The van der Waals surface area contributed by atoms with Gasteiger partial charge in [0.15, 0.2) is 0 Å². The Balaban J connectivity index is 2.36. The normalized spacial score (nSPS) is 11.7. The van der Waals surface area contributed by atoms with E-state index < -0.39 is 0 Å². The molecule has 0 fully saturated rings. The van der Waals surface area contributed by atoms with E-state index in [-0.39, 0.29) is 5.95 Å². The topological polar surface area (TPSA) is 108 Å². The van der Waals surface area contributed by atoms with E-state index in [2.05, 4.69) is 20.6 Å². The van der Waals surface area contributed by atoms with Crippen LogP contribution < -0.4 is 11.6 Å². The first kappa shape index (κ1) is 11.1. The second-order valence-corrected chi connectivity index (χ2v) is 3.57. The monoisotopic (exact) mass is 231 g/mol. The van der Waals surface area contributed by atoms with Crippen LogP contribution in [0.4, 0.5) is 5.95 Å². The molecule has 0 saturated heterocycles. The number of hydrogen-bond donors (Lipinski definition) is 2. The molecule has 1 heterocycles. The highest BCUT2D eigenvalue weighted by molar-refractivity contribution is 5.99. The number of benzene rings is 1. The Morgan fingerprint density at radius 1 is 1.41 bits per heavy atom. The van der Waals surface area contributed by atoms with E-state index in [1.54, 1.807) is 0 Å². The molecule has 7 nitrogen and oxygen atoms in total. The van der Waals surface area contributed by atoms with Crippen LogP contribution in [-0.2, 0) is 6.54 Å². The van der Waals surface area contributed by atoms with Gasteiger partial charge >= 0.3 is 0 Å². The predicted molar refractivity (Wildman–Crippen MR) is 64.2 cm³/mol. The largest absolute Gasteiger partial charge is 0.367 e. The van der Waals surface area contributed by atoms with Gasteiger partial charge in [0.2, 0.25) is 5.95 Å². The van der Waals surface area contributed by atoms with Crippen molar-refractivity contribution in [1.29, 1.82) is 0 Å². The van der Waals surface area contributed by atoms with Gasteiger partial charge < -0.3 is 11.6 Å². The molecule has 0 atom stereocenters. The van der Waals surface area contributed by atoms with Gasteiger partial charge in [0.1, 0.15) is 0 Å². The molecule has 1 aromatic heterocycles. The fraction of sp³-hybridized carbons (Fsp3) is 0.200. The van der Waals surface area contributed by atoms with Crippen LogP contribution in [0.5, 0.6) is 0 Å². The van der Waals surface area contributed by atoms with Crippen molar-refractivity contribution in [2.24, 2.45) is 10.9 Å². The van der Waals surface area contributed by atoms with Crippen LogP contribution in [0.2, 0.25) is 0 Å². The highest BCUT2D eigenvalue weighted by atomic mass is 15.6. The van der Waals surface area contributed by atoms with Crippen molar-refractivity contribution in [2.45, 2.75) is 13.5 Å². The molecule has 7 heteroatoms. The van der Waals surface area contributed by atoms with Gasteiger partial charge in [-0.2, -0.15) is 5.10 Å². The molecular formula is C10H13N7. The van der Waals surface area contributed by atoms with Crippen LogP contribution in [0.25, 0.3) is 0 Å². The van der Waals surface area contributed by atoms with Gasteiger partial charge in [0.25, 0.3) is 0 Å². The van der Waals surface area contributed by atoms with Crippen molar-refractivity contribution in [2.75, 3.05) is 5.73 Å². The predicted octanol–water partition coefficient (Wildman–Crippen LogP) is -0.0137. The summed E-state index contributed by atoms with van der Waals surface area (Å²) in [5.74, 6) is 5.57. The van der Waals surface area contributed by atoms with Crippen LogP contribution in [0.15, 0.2) is 29.4 Å². The summed E-state index contributed by atoms with van der Waals surface area (Å²) in [7, 11) is 0. The van der Waals surface area contributed by atoms with E-state index in [0.717, 1.165) is 16.8 Å². The lowest BCUT2D eigenvalue weighted by Gasteiger charge is -2.08. The van der Waals surface area contributed by atoms with Crippen LogP contribution in [0.1, 0.15) is 18.1 Å². The zero-order valence-corrected chi connectivity index (χ0v) is 9.41. The summed E-state index contributed by atoms with van der Waals surface area (Å²) in [5, 5.41) is 14.6. The maximum Gasteiger partial charge on any atom is 0.240 e. The molecule has 4 N–H and O–H groups in total. The quantitative estimate of drug-likeness (QED) is 0.438. The number of anilines is 1. The number of rotatable bonds is 3. The van der Waals surface area contributed by atoms with E-state index in [1.165, 1.54) is 4.68 Å². The van der Waals surface area contributed by atoms with Crippen LogP contribution >= 0.6 is 0 Å². The summed E-state index contributed by atoms with van der Waals surface area (Å²) < 4.78 is 1.52. The van der Waals surface area contributed by atoms with Crippen molar-refractivity contribution in [3.8, 4) is 0 Å². The first-order valence-electron chi connectivity index (χ1n) is 5.06. The minimum atomic E-state index is 0.280. The first-order chi connectivity index (χ1) is 8.22. The zero-order valence-electron chi connectivity index (χ0n) is 9.41. The Kier molecular flexibility index (Phi) is 2.99. The highest BCUT2D eigenvalue weighted by Gasteiger charge is 2.08. The molecule has 0 unspecified atom stereocenters. The van der Waals surface area contributed by atoms with Crippen LogP contribution in [0, 0.1) is 0 Å². The smallest absolute Gasteiger partial charge is 0.240 e.